The van der Waals surface area contributed by atoms with Crippen molar-refractivity contribution in [2.24, 2.45) is 0 Å². The zero-order chi connectivity index (χ0) is 16.3. The van der Waals surface area contributed by atoms with Crippen LogP contribution >= 0.6 is 23.2 Å². The zero-order valence-electron chi connectivity index (χ0n) is 12.6. The van der Waals surface area contributed by atoms with E-state index in [9.17, 15) is 4.79 Å². The Morgan fingerprint density at radius 3 is 2.45 bits per heavy atom. The number of hydrogen-bond donors (Lipinski definition) is 1. The van der Waals surface area contributed by atoms with Gasteiger partial charge in [-0.15, -0.1) is 0 Å². The molecule has 0 aliphatic heterocycles. The Morgan fingerprint density at radius 2 is 1.82 bits per heavy atom. The van der Waals surface area contributed by atoms with Crippen molar-refractivity contribution < 1.29 is 9.53 Å². The summed E-state index contributed by atoms with van der Waals surface area (Å²) in [5.74, 6) is 0.274. The number of benzene rings is 2. The lowest BCUT2D eigenvalue weighted by atomic mass is 10.1. The normalized spacial score (nSPS) is 11.9. The van der Waals surface area contributed by atoms with Crippen LogP contribution in [0.3, 0.4) is 0 Å². The molecule has 0 radical (unpaired) electrons. The molecule has 0 heterocycles. The molecule has 1 atom stereocenters. The first kappa shape index (κ1) is 16.7. The maximum absolute atomic E-state index is 12.2. The van der Waals surface area contributed by atoms with Crippen LogP contribution in [0.15, 0.2) is 36.4 Å². The van der Waals surface area contributed by atoms with Crippen molar-refractivity contribution in [2.45, 2.75) is 26.9 Å². The Labute approximate surface area is 140 Å². The minimum Gasteiger partial charge on any atom is -0.481 e. The predicted molar refractivity (Wildman–Crippen MR) is 91.1 cm³/mol. The Balaban J connectivity index is 2.04. The molecule has 2 aromatic carbocycles. The van der Waals surface area contributed by atoms with Crippen LogP contribution in [0.4, 0.5) is 5.69 Å². The van der Waals surface area contributed by atoms with E-state index in [1.807, 2.05) is 32.0 Å². The van der Waals surface area contributed by atoms with E-state index in [1.54, 1.807) is 25.1 Å². The van der Waals surface area contributed by atoms with Crippen LogP contribution in [0, 0.1) is 13.8 Å². The van der Waals surface area contributed by atoms with Gasteiger partial charge in [0.1, 0.15) is 5.75 Å². The lowest BCUT2D eigenvalue weighted by Crippen LogP contribution is -2.30. The van der Waals surface area contributed by atoms with Crippen molar-refractivity contribution >= 4 is 34.8 Å². The molecule has 0 bridgehead atoms. The van der Waals surface area contributed by atoms with Gasteiger partial charge >= 0.3 is 0 Å². The van der Waals surface area contributed by atoms with Crippen molar-refractivity contribution in [2.75, 3.05) is 5.32 Å². The fraction of sp³-hybridized carbons (Fsp3) is 0.235. The van der Waals surface area contributed by atoms with Gasteiger partial charge in [-0.05, 0) is 44.5 Å². The number of amides is 1. The van der Waals surface area contributed by atoms with Gasteiger partial charge < -0.3 is 10.1 Å². The first-order valence-electron chi connectivity index (χ1n) is 6.86. The molecule has 22 heavy (non-hydrogen) atoms. The molecule has 0 spiro atoms. The third-order valence-electron chi connectivity index (χ3n) is 3.21. The summed E-state index contributed by atoms with van der Waals surface area (Å²) in [4.78, 5) is 12.2. The van der Waals surface area contributed by atoms with Gasteiger partial charge in [0.2, 0.25) is 0 Å². The van der Waals surface area contributed by atoms with Crippen molar-refractivity contribution in [3.05, 3.63) is 57.6 Å². The van der Waals surface area contributed by atoms with Crippen LogP contribution in [-0.4, -0.2) is 12.0 Å². The molecule has 2 aromatic rings. The van der Waals surface area contributed by atoms with E-state index in [4.69, 9.17) is 27.9 Å². The molecule has 0 fully saturated rings. The highest BCUT2D eigenvalue weighted by molar-refractivity contribution is 6.42. The second-order valence-corrected chi connectivity index (χ2v) is 5.96. The highest BCUT2D eigenvalue weighted by atomic mass is 35.5. The first-order chi connectivity index (χ1) is 10.4. The van der Waals surface area contributed by atoms with Crippen LogP contribution in [-0.2, 0) is 4.79 Å². The number of ether oxygens (including phenoxy) is 1. The summed E-state index contributed by atoms with van der Waals surface area (Å²) in [5.41, 5.74) is 2.94. The minimum atomic E-state index is -0.655. The molecule has 1 unspecified atom stereocenters. The number of hydrogen-bond acceptors (Lipinski definition) is 2. The largest absolute Gasteiger partial charge is 0.481 e. The molecule has 5 heteroatoms. The highest BCUT2D eigenvalue weighted by Crippen LogP contribution is 2.27. The SMILES string of the molecule is Cc1ccc(NC(=O)C(C)Oc2ccc(Cl)c(Cl)c2)c(C)c1. The number of halogens is 2. The molecule has 0 saturated carbocycles. The number of rotatable bonds is 4. The van der Waals surface area contributed by atoms with Gasteiger partial charge in [0.15, 0.2) is 6.10 Å². The monoisotopic (exact) mass is 337 g/mol. The van der Waals surface area contributed by atoms with Crippen molar-refractivity contribution in [3.8, 4) is 5.75 Å². The molecule has 0 aromatic heterocycles. The molecule has 0 aliphatic carbocycles. The predicted octanol–water partition coefficient (Wildman–Crippen LogP) is 5.02. The Bertz CT molecular complexity index is 701. The zero-order valence-corrected chi connectivity index (χ0v) is 14.1. The van der Waals surface area contributed by atoms with Crippen molar-refractivity contribution in [1.29, 1.82) is 0 Å². The van der Waals surface area contributed by atoms with Crippen LogP contribution < -0.4 is 10.1 Å². The van der Waals surface area contributed by atoms with Crippen molar-refractivity contribution in [1.82, 2.24) is 0 Å². The van der Waals surface area contributed by atoms with E-state index >= 15 is 0 Å². The number of carbonyl (C=O) groups excluding carboxylic acids is 1. The Hall–Kier alpha value is -1.71. The summed E-state index contributed by atoms with van der Waals surface area (Å²) in [6.45, 7) is 5.64. The maximum Gasteiger partial charge on any atom is 0.265 e. The Kier molecular flexibility index (Phi) is 5.33. The maximum atomic E-state index is 12.2. The number of anilines is 1. The molecule has 1 N–H and O–H groups in total. The highest BCUT2D eigenvalue weighted by Gasteiger charge is 2.16. The fourth-order valence-corrected chi connectivity index (χ4v) is 2.28. The molecule has 3 nitrogen and oxygen atoms in total. The van der Waals surface area contributed by atoms with E-state index in [2.05, 4.69) is 5.32 Å². The summed E-state index contributed by atoms with van der Waals surface area (Å²) in [7, 11) is 0. The van der Waals surface area contributed by atoms with Gasteiger partial charge in [0.05, 0.1) is 10.0 Å². The van der Waals surface area contributed by atoms with E-state index < -0.39 is 6.10 Å². The summed E-state index contributed by atoms with van der Waals surface area (Å²) in [5, 5.41) is 3.70. The van der Waals surface area contributed by atoms with Gasteiger partial charge in [0, 0.05) is 11.8 Å². The summed E-state index contributed by atoms with van der Waals surface area (Å²) in [6.07, 6.45) is -0.655. The summed E-state index contributed by atoms with van der Waals surface area (Å²) < 4.78 is 5.59. The number of aryl methyl sites for hydroxylation is 2. The lowest BCUT2D eigenvalue weighted by Gasteiger charge is -2.16. The third-order valence-corrected chi connectivity index (χ3v) is 3.95. The second-order valence-electron chi connectivity index (χ2n) is 5.14. The molecule has 0 saturated heterocycles. The van der Waals surface area contributed by atoms with Crippen LogP contribution in [0.2, 0.25) is 10.0 Å². The van der Waals surface area contributed by atoms with Crippen LogP contribution in [0.5, 0.6) is 5.75 Å². The van der Waals surface area contributed by atoms with Gasteiger partial charge in [-0.1, -0.05) is 40.9 Å². The minimum absolute atomic E-state index is 0.224. The van der Waals surface area contributed by atoms with E-state index in [-0.39, 0.29) is 5.91 Å². The molecule has 1 amide bonds. The standard InChI is InChI=1S/C17H17Cl2NO2/c1-10-4-7-16(11(2)8-10)20-17(21)12(3)22-13-5-6-14(18)15(19)9-13/h4-9,12H,1-3H3,(H,20,21). The van der Waals surface area contributed by atoms with Crippen LogP contribution in [0.25, 0.3) is 0 Å². The number of carbonyl (C=O) groups is 1. The van der Waals surface area contributed by atoms with Crippen LogP contribution in [0.1, 0.15) is 18.1 Å². The van der Waals surface area contributed by atoms with Gasteiger partial charge in [-0.2, -0.15) is 0 Å². The smallest absolute Gasteiger partial charge is 0.265 e. The molecule has 2 rings (SSSR count). The topological polar surface area (TPSA) is 38.3 Å². The number of nitrogens with one attached hydrogen (secondary N) is 1. The van der Waals surface area contributed by atoms with Gasteiger partial charge in [-0.3, -0.25) is 4.79 Å². The average Bonchev–Trinajstić information content (AvgIpc) is 2.45. The van der Waals surface area contributed by atoms with Gasteiger partial charge in [0.25, 0.3) is 5.91 Å². The first-order valence-corrected chi connectivity index (χ1v) is 7.62. The second kappa shape index (κ2) is 7.03. The molecule has 0 aliphatic rings. The van der Waals surface area contributed by atoms with Gasteiger partial charge in [-0.25, -0.2) is 0 Å². The Morgan fingerprint density at radius 1 is 1.09 bits per heavy atom. The van der Waals surface area contributed by atoms with Crippen molar-refractivity contribution in [3.63, 3.8) is 0 Å². The molecular weight excluding hydrogens is 321 g/mol. The average molecular weight is 338 g/mol. The lowest BCUT2D eigenvalue weighted by molar-refractivity contribution is -0.122. The summed E-state index contributed by atoms with van der Waals surface area (Å²) >= 11 is 11.8. The fourth-order valence-electron chi connectivity index (χ4n) is 2.00. The third kappa shape index (κ3) is 4.15. The van der Waals surface area contributed by atoms with E-state index in [0.717, 1.165) is 16.8 Å². The summed E-state index contributed by atoms with van der Waals surface area (Å²) in [6, 6.07) is 10.7. The molecule has 116 valence electrons. The van der Waals surface area contributed by atoms with E-state index in [1.165, 1.54) is 0 Å². The quantitative estimate of drug-likeness (QED) is 0.850. The molecular formula is C17H17Cl2NO2. The van der Waals surface area contributed by atoms with E-state index in [0.29, 0.717) is 15.8 Å².